The van der Waals surface area contributed by atoms with Crippen molar-refractivity contribution in [2.45, 2.75) is 26.1 Å². The van der Waals surface area contributed by atoms with Crippen LogP contribution in [0, 0.1) is 6.92 Å². The molecular weight excluding hydrogens is 515 g/mol. The summed E-state index contributed by atoms with van der Waals surface area (Å²) in [5, 5.41) is 21.9. The van der Waals surface area contributed by atoms with E-state index in [2.05, 4.69) is 35.8 Å². The summed E-state index contributed by atoms with van der Waals surface area (Å²) in [4.78, 5) is 37.0. The fraction of sp³-hybridized carbons (Fsp3) is 0.192. The minimum absolute atomic E-state index is 0.155. The highest BCUT2D eigenvalue weighted by Gasteiger charge is 2.32. The first-order valence-electron chi connectivity index (χ1n) is 11.6. The van der Waals surface area contributed by atoms with Crippen LogP contribution in [0.15, 0.2) is 54.9 Å². The zero-order valence-electron chi connectivity index (χ0n) is 20.7. The Labute approximate surface area is 220 Å². The van der Waals surface area contributed by atoms with Crippen molar-refractivity contribution in [3.63, 3.8) is 0 Å². The maximum Gasteiger partial charge on any atom is 0.418 e. The van der Waals surface area contributed by atoms with E-state index < -0.39 is 23.3 Å². The first-order valence-corrected chi connectivity index (χ1v) is 11.6. The van der Waals surface area contributed by atoms with E-state index in [0.717, 1.165) is 5.56 Å². The largest absolute Gasteiger partial charge is 0.418 e. The number of alkyl halides is 3. The standard InChI is InChI=1S/C26H22F3N7O3/c1-14-3-4-18(33-25(39)22-8-17(11-31-36-22)26(27,28)29)9-20(14)21-10-23(32-15(2)12-37)35-24(34-21)16-5-6-30-19(7-16)13-38/h3-11,13,15,37H,12H2,1-2H3,(H,33,39)(H,32,34,35). The highest BCUT2D eigenvalue weighted by atomic mass is 19.4. The Bertz CT molecular complexity index is 1530. The first kappa shape index (κ1) is 27.3. The molecule has 4 rings (SSSR count). The Morgan fingerprint density at radius 2 is 1.92 bits per heavy atom. The van der Waals surface area contributed by atoms with Crippen LogP contribution >= 0.6 is 0 Å². The summed E-state index contributed by atoms with van der Waals surface area (Å²) in [6, 6.07) is 10.0. The van der Waals surface area contributed by atoms with Gasteiger partial charge in [-0.05, 0) is 49.7 Å². The van der Waals surface area contributed by atoms with Crippen LogP contribution in [-0.4, -0.2) is 55.1 Å². The molecule has 0 radical (unpaired) electrons. The summed E-state index contributed by atoms with van der Waals surface area (Å²) >= 11 is 0. The van der Waals surface area contributed by atoms with E-state index in [0.29, 0.717) is 41.2 Å². The number of carbonyl (C=O) groups excluding carboxylic acids is 2. The maximum atomic E-state index is 13.0. The summed E-state index contributed by atoms with van der Waals surface area (Å²) in [5.41, 5.74) is 1.24. The van der Waals surface area contributed by atoms with Crippen LogP contribution in [0.4, 0.5) is 24.7 Å². The Morgan fingerprint density at radius 3 is 2.64 bits per heavy atom. The lowest BCUT2D eigenvalue weighted by atomic mass is 10.0. The second-order valence-corrected chi connectivity index (χ2v) is 8.59. The molecule has 3 heterocycles. The number of aliphatic hydroxyl groups excluding tert-OH is 1. The number of nitrogens with one attached hydrogen (secondary N) is 2. The van der Waals surface area contributed by atoms with Gasteiger partial charge in [-0.2, -0.15) is 18.3 Å². The van der Waals surface area contributed by atoms with Crippen molar-refractivity contribution in [1.82, 2.24) is 25.1 Å². The predicted molar refractivity (Wildman–Crippen MR) is 136 cm³/mol. The minimum Gasteiger partial charge on any atom is -0.394 e. The molecule has 1 unspecified atom stereocenters. The Morgan fingerprint density at radius 1 is 1.13 bits per heavy atom. The van der Waals surface area contributed by atoms with Crippen molar-refractivity contribution in [1.29, 1.82) is 0 Å². The Kier molecular flexibility index (Phi) is 7.91. The summed E-state index contributed by atoms with van der Waals surface area (Å²) in [6.45, 7) is 3.43. The van der Waals surface area contributed by atoms with Gasteiger partial charge in [0.2, 0.25) is 0 Å². The van der Waals surface area contributed by atoms with Crippen LogP contribution in [0.1, 0.15) is 39.0 Å². The molecule has 1 aromatic carbocycles. The molecule has 0 fully saturated rings. The summed E-state index contributed by atoms with van der Waals surface area (Å²) in [5.74, 6) is -0.197. The molecule has 0 saturated heterocycles. The van der Waals surface area contributed by atoms with Gasteiger partial charge in [0.05, 0.1) is 24.1 Å². The molecule has 0 bridgehead atoms. The van der Waals surface area contributed by atoms with E-state index in [-0.39, 0.29) is 29.9 Å². The molecular formula is C26H22F3N7O3. The minimum atomic E-state index is -4.67. The number of hydrogen-bond donors (Lipinski definition) is 3. The van der Waals surface area contributed by atoms with Crippen molar-refractivity contribution in [3.05, 3.63) is 77.4 Å². The zero-order chi connectivity index (χ0) is 28.2. The number of aryl methyl sites for hydroxylation is 1. The zero-order valence-corrected chi connectivity index (χ0v) is 20.7. The van der Waals surface area contributed by atoms with E-state index in [9.17, 15) is 27.9 Å². The lowest BCUT2D eigenvalue weighted by Crippen LogP contribution is -2.20. The average molecular weight is 538 g/mol. The molecule has 1 atom stereocenters. The number of nitrogens with zero attached hydrogens (tertiary/aromatic N) is 5. The third-order valence-electron chi connectivity index (χ3n) is 5.54. The monoisotopic (exact) mass is 537 g/mol. The molecule has 13 heteroatoms. The van der Waals surface area contributed by atoms with Gasteiger partial charge in [0, 0.05) is 35.1 Å². The van der Waals surface area contributed by atoms with Crippen LogP contribution in [0.25, 0.3) is 22.6 Å². The first-order chi connectivity index (χ1) is 18.6. The molecule has 39 heavy (non-hydrogen) atoms. The van der Waals surface area contributed by atoms with E-state index in [4.69, 9.17) is 0 Å². The highest BCUT2D eigenvalue weighted by Crippen LogP contribution is 2.31. The quantitative estimate of drug-likeness (QED) is 0.282. The van der Waals surface area contributed by atoms with Gasteiger partial charge in [-0.15, -0.1) is 5.10 Å². The van der Waals surface area contributed by atoms with Crippen LogP contribution in [-0.2, 0) is 6.18 Å². The fourth-order valence-corrected chi connectivity index (χ4v) is 3.54. The SMILES string of the molecule is Cc1ccc(NC(=O)c2cc(C(F)(F)F)cnn2)cc1-c1cc(NC(C)CO)nc(-c2ccnc(C=O)c2)n1. The van der Waals surface area contributed by atoms with Gasteiger partial charge >= 0.3 is 6.18 Å². The molecule has 0 aliphatic rings. The molecule has 3 N–H and O–H groups in total. The second-order valence-electron chi connectivity index (χ2n) is 8.59. The third kappa shape index (κ3) is 6.57. The Hall–Kier alpha value is -4.78. The number of halogens is 3. The summed E-state index contributed by atoms with van der Waals surface area (Å²) in [7, 11) is 0. The number of hydrogen-bond acceptors (Lipinski definition) is 9. The van der Waals surface area contributed by atoms with Crippen molar-refractivity contribution in [2.24, 2.45) is 0 Å². The van der Waals surface area contributed by atoms with E-state index in [1.807, 2.05) is 6.92 Å². The van der Waals surface area contributed by atoms with E-state index in [1.54, 1.807) is 37.3 Å². The van der Waals surface area contributed by atoms with Gasteiger partial charge < -0.3 is 15.7 Å². The van der Waals surface area contributed by atoms with Gasteiger partial charge in [0.1, 0.15) is 11.5 Å². The predicted octanol–water partition coefficient (Wildman–Crippen LogP) is 4.18. The lowest BCUT2D eigenvalue weighted by Gasteiger charge is -2.15. The molecule has 1 amide bonds. The lowest BCUT2D eigenvalue weighted by molar-refractivity contribution is -0.137. The number of aldehydes is 1. The molecule has 3 aromatic heterocycles. The van der Waals surface area contributed by atoms with Crippen molar-refractivity contribution in [2.75, 3.05) is 17.2 Å². The number of anilines is 2. The average Bonchev–Trinajstić information content (AvgIpc) is 2.93. The van der Waals surface area contributed by atoms with Gasteiger partial charge in [-0.3, -0.25) is 14.6 Å². The van der Waals surface area contributed by atoms with Gasteiger partial charge in [-0.1, -0.05) is 6.07 Å². The molecule has 0 spiro atoms. The van der Waals surface area contributed by atoms with E-state index >= 15 is 0 Å². The topological polar surface area (TPSA) is 143 Å². The van der Waals surface area contributed by atoms with Crippen LogP contribution in [0.5, 0.6) is 0 Å². The second kappa shape index (κ2) is 11.3. The molecule has 200 valence electrons. The summed E-state index contributed by atoms with van der Waals surface area (Å²) < 4.78 is 39.1. The smallest absolute Gasteiger partial charge is 0.394 e. The number of aromatic nitrogens is 5. The van der Waals surface area contributed by atoms with Crippen LogP contribution in [0.3, 0.4) is 0 Å². The number of pyridine rings is 1. The van der Waals surface area contributed by atoms with Crippen molar-refractivity contribution < 1.29 is 27.9 Å². The number of amides is 1. The third-order valence-corrected chi connectivity index (χ3v) is 5.54. The highest BCUT2D eigenvalue weighted by molar-refractivity contribution is 6.03. The molecule has 0 aliphatic carbocycles. The van der Waals surface area contributed by atoms with Crippen molar-refractivity contribution in [3.8, 4) is 22.6 Å². The number of aliphatic hydroxyl groups is 1. The fourth-order valence-electron chi connectivity index (χ4n) is 3.54. The Balaban J connectivity index is 1.72. The van der Waals surface area contributed by atoms with Gasteiger partial charge in [-0.25, -0.2) is 9.97 Å². The molecule has 4 aromatic rings. The van der Waals surface area contributed by atoms with Gasteiger partial charge in [0.15, 0.2) is 17.8 Å². The van der Waals surface area contributed by atoms with Gasteiger partial charge in [0.25, 0.3) is 5.91 Å². The normalized spacial score (nSPS) is 12.1. The van der Waals surface area contributed by atoms with Crippen molar-refractivity contribution >= 4 is 23.7 Å². The van der Waals surface area contributed by atoms with E-state index in [1.165, 1.54) is 12.3 Å². The maximum absolute atomic E-state index is 13.0. The summed E-state index contributed by atoms with van der Waals surface area (Å²) in [6.07, 6.45) is -2.08. The van der Waals surface area contributed by atoms with Crippen LogP contribution < -0.4 is 10.6 Å². The number of rotatable bonds is 8. The molecule has 0 saturated carbocycles. The number of benzene rings is 1. The molecule has 10 nitrogen and oxygen atoms in total. The number of carbonyl (C=O) groups is 2. The molecule has 0 aliphatic heterocycles. The van der Waals surface area contributed by atoms with Crippen LogP contribution in [0.2, 0.25) is 0 Å².